The molecule has 0 bridgehead atoms. The average Bonchev–Trinajstić information content (AvgIpc) is 3.05. The number of aromatic nitrogens is 5. The lowest BCUT2D eigenvalue weighted by Gasteiger charge is -2.34. The summed E-state index contributed by atoms with van der Waals surface area (Å²) in [6.07, 6.45) is 3.98. The SMILES string of the molecule is CC1CCCCN1c1ccnc(-c2cnc3cnc(C(F)(F)F)cn23)n1. The van der Waals surface area contributed by atoms with E-state index in [0.717, 1.165) is 37.6 Å². The van der Waals surface area contributed by atoms with Crippen LogP contribution in [0.5, 0.6) is 0 Å². The number of rotatable bonds is 2. The topological polar surface area (TPSA) is 59.2 Å². The Bertz CT molecular complexity index is 936. The number of piperidine rings is 1. The predicted molar refractivity (Wildman–Crippen MR) is 89.7 cm³/mol. The van der Waals surface area contributed by atoms with Gasteiger partial charge in [-0.15, -0.1) is 0 Å². The molecule has 0 aromatic carbocycles. The molecule has 0 radical (unpaired) electrons. The van der Waals surface area contributed by atoms with Gasteiger partial charge in [-0.2, -0.15) is 13.2 Å². The maximum absolute atomic E-state index is 13.0. The summed E-state index contributed by atoms with van der Waals surface area (Å²) in [5, 5.41) is 0. The minimum Gasteiger partial charge on any atom is -0.354 e. The van der Waals surface area contributed by atoms with Crippen molar-refractivity contribution in [2.24, 2.45) is 0 Å². The summed E-state index contributed by atoms with van der Waals surface area (Å²) in [6.45, 7) is 3.06. The zero-order valence-corrected chi connectivity index (χ0v) is 14.1. The first-order valence-corrected chi connectivity index (χ1v) is 8.44. The number of alkyl halides is 3. The monoisotopic (exact) mass is 362 g/mol. The zero-order chi connectivity index (χ0) is 18.3. The van der Waals surface area contributed by atoms with Crippen LogP contribution in [0, 0.1) is 0 Å². The van der Waals surface area contributed by atoms with E-state index in [0.29, 0.717) is 23.2 Å². The Balaban J connectivity index is 1.77. The van der Waals surface area contributed by atoms with E-state index in [9.17, 15) is 13.2 Å². The first kappa shape index (κ1) is 16.7. The highest BCUT2D eigenvalue weighted by molar-refractivity contribution is 5.58. The molecule has 0 N–H and O–H groups in total. The number of fused-ring (bicyclic) bond motifs is 1. The van der Waals surface area contributed by atoms with Gasteiger partial charge in [-0.05, 0) is 32.3 Å². The van der Waals surface area contributed by atoms with Crippen LogP contribution in [-0.2, 0) is 6.18 Å². The quantitative estimate of drug-likeness (QED) is 0.697. The molecule has 136 valence electrons. The van der Waals surface area contributed by atoms with Crippen LogP contribution < -0.4 is 4.90 Å². The van der Waals surface area contributed by atoms with Gasteiger partial charge in [0.05, 0.1) is 12.4 Å². The second kappa shape index (κ2) is 6.22. The van der Waals surface area contributed by atoms with Crippen LogP contribution >= 0.6 is 0 Å². The van der Waals surface area contributed by atoms with Gasteiger partial charge in [0.2, 0.25) is 0 Å². The summed E-state index contributed by atoms with van der Waals surface area (Å²) in [5.74, 6) is 1.12. The Hall–Kier alpha value is -2.71. The summed E-state index contributed by atoms with van der Waals surface area (Å²) in [6, 6.07) is 2.20. The summed E-state index contributed by atoms with van der Waals surface area (Å²) in [5.41, 5.74) is -0.266. The van der Waals surface area contributed by atoms with E-state index in [1.165, 1.54) is 17.0 Å². The summed E-state index contributed by atoms with van der Waals surface area (Å²) < 4.78 is 40.2. The van der Waals surface area contributed by atoms with Gasteiger partial charge >= 0.3 is 6.18 Å². The Morgan fingerprint density at radius 2 is 1.96 bits per heavy atom. The first-order valence-electron chi connectivity index (χ1n) is 8.44. The van der Waals surface area contributed by atoms with Crippen molar-refractivity contribution in [1.29, 1.82) is 0 Å². The van der Waals surface area contributed by atoms with Crippen LogP contribution in [0.4, 0.5) is 19.0 Å². The number of imidazole rings is 1. The van der Waals surface area contributed by atoms with Crippen molar-refractivity contribution in [3.63, 3.8) is 0 Å². The van der Waals surface area contributed by atoms with E-state index < -0.39 is 11.9 Å². The minimum absolute atomic E-state index is 0.313. The maximum atomic E-state index is 13.0. The van der Waals surface area contributed by atoms with Crippen LogP contribution in [0.25, 0.3) is 17.2 Å². The molecule has 1 aliphatic heterocycles. The molecule has 1 unspecified atom stereocenters. The molecule has 4 heterocycles. The molecule has 3 aromatic rings. The molecule has 1 aliphatic rings. The number of halogens is 3. The van der Waals surface area contributed by atoms with E-state index in [2.05, 4.69) is 31.8 Å². The van der Waals surface area contributed by atoms with Gasteiger partial charge in [0.1, 0.15) is 11.5 Å². The third kappa shape index (κ3) is 2.97. The van der Waals surface area contributed by atoms with Gasteiger partial charge in [0, 0.05) is 25.0 Å². The smallest absolute Gasteiger partial charge is 0.354 e. The average molecular weight is 362 g/mol. The lowest BCUT2D eigenvalue weighted by molar-refractivity contribution is -0.141. The minimum atomic E-state index is -4.53. The molecule has 3 aromatic heterocycles. The number of hydrogen-bond acceptors (Lipinski definition) is 5. The Labute approximate surface area is 147 Å². The largest absolute Gasteiger partial charge is 0.434 e. The summed E-state index contributed by atoms with van der Waals surface area (Å²) >= 11 is 0. The third-order valence-electron chi connectivity index (χ3n) is 4.65. The molecule has 0 amide bonds. The molecule has 6 nitrogen and oxygen atoms in total. The third-order valence-corrected chi connectivity index (χ3v) is 4.65. The van der Waals surface area contributed by atoms with E-state index in [1.54, 1.807) is 6.20 Å². The van der Waals surface area contributed by atoms with Crippen molar-refractivity contribution < 1.29 is 13.2 Å². The van der Waals surface area contributed by atoms with Gasteiger partial charge in [-0.3, -0.25) is 4.40 Å². The lowest BCUT2D eigenvalue weighted by atomic mass is 10.0. The normalized spacial score (nSPS) is 18.5. The molecule has 1 saturated heterocycles. The fourth-order valence-corrected chi connectivity index (χ4v) is 3.27. The molecule has 26 heavy (non-hydrogen) atoms. The number of hydrogen-bond donors (Lipinski definition) is 0. The second-order valence-electron chi connectivity index (χ2n) is 6.42. The highest BCUT2D eigenvalue weighted by atomic mass is 19.4. The number of nitrogens with zero attached hydrogens (tertiary/aromatic N) is 6. The molecule has 0 spiro atoms. The van der Waals surface area contributed by atoms with Crippen molar-refractivity contribution in [2.75, 3.05) is 11.4 Å². The zero-order valence-electron chi connectivity index (χ0n) is 14.1. The molecule has 0 saturated carbocycles. The van der Waals surface area contributed by atoms with Gasteiger partial charge in [0.15, 0.2) is 17.2 Å². The van der Waals surface area contributed by atoms with Crippen LogP contribution in [0.1, 0.15) is 31.9 Å². The van der Waals surface area contributed by atoms with Gasteiger partial charge in [-0.1, -0.05) is 0 Å². The van der Waals surface area contributed by atoms with E-state index in [-0.39, 0.29) is 0 Å². The number of anilines is 1. The van der Waals surface area contributed by atoms with Crippen LogP contribution in [0.15, 0.2) is 30.9 Å². The standard InChI is InChI=1S/C17H17F3N6/c1-11-4-2-3-7-25(11)14-5-6-21-16(24-14)12-8-23-15-9-22-13(10-26(12)15)17(18,19)20/h5-6,8-11H,2-4,7H2,1H3. The van der Waals surface area contributed by atoms with Gasteiger partial charge < -0.3 is 4.90 Å². The van der Waals surface area contributed by atoms with Crippen LogP contribution in [0.3, 0.4) is 0 Å². The molecule has 1 atom stereocenters. The lowest BCUT2D eigenvalue weighted by Crippen LogP contribution is -2.38. The molecular weight excluding hydrogens is 345 g/mol. The highest BCUT2D eigenvalue weighted by Gasteiger charge is 2.33. The van der Waals surface area contributed by atoms with Crippen LogP contribution in [0.2, 0.25) is 0 Å². The molecule has 4 rings (SSSR count). The maximum Gasteiger partial charge on any atom is 0.434 e. The fraction of sp³-hybridized carbons (Fsp3) is 0.412. The predicted octanol–water partition coefficient (Wildman–Crippen LogP) is 3.58. The van der Waals surface area contributed by atoms with Crippen molar-refractivity contribution in [1.82, 2.24) is 24.3 Å². The highest BCUT2D eigenvalue weighted by Crippen LogP contribution is 2.29. The molecule has 9 heteroatoms. The van der Waals surface area contributed by atoms with Crippen LogP contribution in [-0.4, -0.2) is 36.9 Å². The van der Waals surface area contributed by atoms with Crippen molar-refractivity contribution in [3.8, 4) is 11.5 Å². The van der Waals surface area contributed by atoms with Gasteiger partial charge in [0.25, 0.3) is 0 Å². The van der Waals surface area contributed by atoms with Crippen molar-refractivity contribution in [2.45, 2.75) is 38.4 Å². The summed E-state index contributed by atoms with van der Waals surface area (Å²) in [7, 11) is 0. The Morgan fingerprint density at radius 3 is 2.73 bits per heavy atom. The van der Waals surface area contributed by atoms with E-state index in [4.69, 9.17) is 0 Å². The Kier molecular flexibility index (Phi) is 4.01. The molecular formula is C17H17F3N6. The van der Waals surface area contributed by atoms with Crippen molar-refractivity contribution >= 4 is 11.5 Å². The first-order chi connectivity index (χ1) is 12.4. The molecule has 0 aliphatic carbocycles. The Morgan fingerprint density at radius 1 is 1.12 bits per heavy atom. The van der Waals surface area contributed by atoms with Gasteiger partial charge in [-0.25, -0.2) is 19.9 Å². The van der Waals surface area contributed by atoms with E-state index in [1.807, 2.05) is 6.07 Å². The fourth-order valence-electron chi connectivity index (χ4n) is 3.27. The van der Waals surface area contributed by atoms with Crippen molar-refractivity contribution in [3.05, 3.63) is 36.5 Å². The van der Waals surface area contributed by atoms with E-state index >= 15 is 0 Å². The molecule has 1 fully saturated rings. The summed E-state index contributed by atoms with van der Waals surface area (Å²) in [4.78, 5) is 18.6. The second-order valence-corrected chi connectivity index (χ2v) is 6.42.